The summed E-state index contributed by atoms with van der Waals surface area (Å²) in [6, 6.07) is 1.79. The average Bonchev–Trinajstić information content (AvgIpc) is 2.64. The second-order valence-electron chi connectivity index (χ2n) is 3.13. The summed E-state index contributed by atoms with van der Waals surface area (Å²) in [5, 5.41) is 2.80. The molecule has 5 heteroatoms. The number of carbonyl (C=O) groups excluding carboxylic acids is 1. The van der Waals surface area contributed by atoms with E-state index in [2.05, 4.69) is 9.69 Å². The lowest BCUT2D eigenvalue weighted by Gasteiger charge is -2.02. The molecule has 1 rings (SSSR count). The van der Waals surface area contributed by atoms with Gasteiger partial charge in [-0.05, 0) is 37.9 Å². The Hall–Kier alpha value is -0.940. The van der Waals surface area contributed by atoms with E-state index >= 15 is 0 Å². The summed E-state index contributed by atoms with van der Waals surface area (Å²) >= 11 is 1.34. The fourth-order valence-electron chi connectivity index (χ4n) is 1.08. The maximum atomic E-state index is 11.5. The zero-order valence-corrected chi connectivity index (χ0v) is 9.89. The van der Waals surface area contributed by atoms with Gasteiger partial charge in [0, 0.05) is 24.6 Å². The number of amides is 1. The molecule has 0 aliphatic heterocycles. The van der Waals surface area contributed by atoms with Crippen LogP contribution in [0.15, 0.2) is 6.07 Å². The summed E-state index contributed by atoms with van der Waals surface area (Å²) in [7, 11) is 0. The van der Waals surface area contributed by atoms with Gasteiger partial charge in [-0.2, -0.15) is 4.37 Å². The molecule has 15 heavy (non-hydrogen) atoms. The highest BCUT2D eigenvalue weighted by Gasteiger charge is 2.07. The Labute approximate surface area is 93.8 Å². The van der Waals surface area contributed by atoms with Crippen LogP contribution in [0.25, 0.3) is 0 Å². The molecule has 1 heterocycles. The highest BCUT2D eigenvalue weighted by Crippen LogP contribution is 2.07. The van der Waals surface area contributed by atoms with Crippen molar-refractivity contribution in [1.82, 2.24) is 9.69 Å². The number of aryl methyl sites for hydroxylation is 1. The molecule has 0 fully saturated rings. The van der Waals surface area contributed by atoms with Crippen molar-refractivity contribution in [2.24, 2.45) is 0 Å². The molecule has 1 amide bonds. The fraction of sp³-hybridized carbons (Fsp3) is 0.600. The van der Waals surface area contributed by atoms with Crippen molar-refractivity contribution in [3.8, 4) is 0 Å². The first-order valence-corrected chi connectivity index (χ1v) is 5.80. The van der Waals surface area contributed by atoms with E-state index in [0.717, 1.165) is 17.9 Å². The maximum absolute atomic E-state index is 11.5. The third-order valence-corrected chi connectivity index (χ3v) is 2.51. The van der Waals surface area contributed by atoms with Crippen molar-refractivity contribution >= 4 is 17.4 Å². The van der Waals surface area contributed by atoms with Crippen LogP contribution in [0.4, 0.5) is 0 Å². The largest absolute Gasteiger partial charge is 0.382 e. The Bertz CT molecular complexity index is 312. The molecule has 0 aliphatic carbocycles. The molecule has 0 aliphatic rings. The number of hydrogen-bond donors (Lipinski definition) is 1. The molecule has 0 saturated carbocycles. The van der Waals surface area contributed by atoms with E-state index < -0.39 is 0 Å². The van der Waals surface area contributed by atoms with Crippen LogP contribution in [0.3, 0.4) is 0 Å². The minimum atomic E-state index is -0.101. The van der Waals surface area contributed by atoms with Gasteiger partial charge in [0.1, 0.15) is 5.69 Å². The Kier molecular flexibility index (Phi) is 5.28. The molecule has 0 saturated heterocycles. The van der Waals surface area contributed by atoms with Crippen molar-refractivity contribution in [3.05, 3.63) is 16.6 Å². The molecule has 0 bridgehead atoms. The van der Waals surface area contributed by atoms with E-state index in [1.165, 1.54) is 11.5 Å². The standard InChI is InChI=1S/C10H16N2O2S/c1-3-14-6-4-5-11-10(13)9-7-8(2)15-12-9/h7H,3-6H2,1-2H3,(H,11,13). The van der Waals surface area contributed by atoms with Crippen molar-refractivity contribution < 1.29 is 9.53 Å². The van der Waals surface area contributed by atoms with Crippen LogP contribution >= 0.6 is 11.5 Å². The predicted molar refractivity (Wildman–Crippen MR) is 60.3 cm³/mol. The second-order valence-corrected chi connectivity index (χ2v) is 4.14. The van der Waals surface area contributed by atoms with Crippen LogP contribution in [0.5, 0.6) is 0 Å². The topological polar surface area (TPSA) is 51.2 Å². The number of hydrogen-bond acceptors (Lipinski definition) is 4. The third-order valence-electron chi connectivity index (χ3n) is 1.82. The van der Waals surface area contributed by atoms with Gasteiger partial charge in [0.25, 0.3) is 5.91 Å². The molecule has 0 unspecified atom stereocenters. The van der Waals surface area contributed by atoms with Gasteiger partial charge < -0.3 is 10.1 Å². The monoisotopic (exact) mass is 228 g/mol. The zero-order valence-electron chi connectivity index (χ0n) is 9.08. The smallest absolute Gasteiger partial charge is 0.270 e. The summed E-state index contributed by atoms with van der Waals surface area (Å²) in [5.41, 5.74) is 0.508. The van der Waals surface area contributed by atoms with Crippen molar-refractivity contribution in [1.29, 1.82) is 0 Å². The van der Waals surface area contributed by atoms with Crippen molar-refractivity contribution in [2.75, 3.05) is 19.8 Å². The Morgan fingerprint density at radius 3 is 3.07 bits per heavy atom. The van der Waals surface area contributed by atoms with E-state index in [9.17, 15) is 4.79 Å². The van der Waals surface area contributed by atoms with E-state index in [4.69, 9.17) is 4.74 Å². The van der Waals surface area contributed by atoms with Gasteiger partial charge in [0.05, 0.1) is 0 Å². The minimum Gasteiger partial charge on any atom is -0.382 e. The molecule has 4 nitrogen and oxygen atoms in total. The van der Waals surface area contributed by atoms with E-state index in [-0.39, 0.29) is 5.91 Å². The molecular formula is C10H16N2O2S. The number of nitrogens with one attached hydrogen (secondary N) is 1. The summed E-state index contributed by atoms with van der Waals surface area (Å²) in [6.45, 7) is 5.93. The Morgan fingerprint density at radius 1 is 1.67 bits per heavy atom. The fourth-order valence-corrected chi connectivity index (χ4v) is 1.63. The summed E-state index contributed by atoms with van der Waals surface area (Å²) in [6.07, 6.45) is 0.836. The van der Waals surface area contributed by atoms with Gasteiger partial charge in [-0.3, -0.25) is 4.79 Å². The molecule has 1 N–H and O–H groups in total. The summed E-state index contributed by atoms with van der Waals surface area (Å²) < 4.78 is 9.19. The lowest BCUT2D eigenvalue weighted by molar-refractivity contribution is 0.0940. The second kappa shape index (κ2) is 6.53. The molecule has 1 aromatic rings. The lowest BCUT2D eigenvalue weighted by Crippen LogP contribution is -2.25. The van der Waals surface area contributed by atoms with Crippen LogP contribution in [-0.4, -0.2) is 30.0 Å². The average molecular weight is 228 g/mol. The number of carbonyl (C=O) groups is 1. The first-order valence-electron chi connectivity index (χ1n) is 5.03. The summed E-state index contributed by atoms with van der Waals surface area (Å²) in [5.74, 6) is -0.101. The molecule has 1 aromatic heterocycles. The van der Waals surface area contributed by atoms with Crippen LogP contribution in [0, 0.1) is 6.92 Å². The van der Waals surface area contributed by atoms with E-state index in [1.54, 1.807) is 6.07 Å². The first kappa shape index (κ1) is 12.1. The van der Waals surface area contributed by atoms with Crippen molar-refractivity contribution in [2.45, 2.75) is 20.3 Å². The molecule has 0 spiro atoms. The maximum Gasteiger partial charge on any atom is 0.270 e. The molecular weight excluding hydrogens is 212 g/mol. The zero-order chi connectivity index (χ0) is 11.1. The normalized spacial score (nSPS) is 10.3. The Balaban J connectivity index is 2.19. The van der Waals surface area contributed by atoms with Crippen molar-refractivity contribution in [3.63, 3.8) is 0 Å². The van der Waals surface area contributed by atoms with Crippen LogP contribution in [0.1, 0.15) is 28.7 Å². The lowest BCUT2D eigenvalue weighted by atomic mass is 10.3. The van der Waals surface area contributed by atoms with Gasteiger partial charge in [0.15, 0.2) is 0 Å². The van der Waals surface area contributed by atoms with Gasteiger partial charge in [-0.1, -0.05) is 0 Å². The highest BCUT2D eigenvalue weighted by atomic mass is 32.1. The van der Waals surface area contributed by atoms with Gasteiger partial charge in [0.2, 0.25) is 0 Å². The van der Waals surface area contributed by atoms with Crippen LogP contribution < -0.4 is 5.32 Å². The highest BCUT2D eigenvalue weighted by molar-refractivity contribution is 7.05. The van der Waals surface area contributed by atoms with Gasteiger partial charge >= 0.3 is 0 Å². The number of nitrogens with zero attached hydrogens (tertiary/aromatic N) is 1. The molecule has 84 valence electrons. The SMILES string of the molecule is CCOCCCNC(=O)c1cc(C)sn1. The minimum absolute atomic E-state index is 0.101. The number of aromatic nitrogens is 1. The molecule has 0 atom stereocenters. The predicted octanol–water partition coefficient (Wildman–Crippen LogP) is 1.61. The summed E-state index contributed by atoms with van der Waals surface area (Å²) in [4.78, 5) is 12.5. The third kappa shape index (κ3) is 4.40. The van der Waals surface area contributed by atoms with Crippen LogP contribution in [-0.2, 0) is 4.74 Å². The molecule has 0 aromatic carbocycles. The van der Waals surface area contributed by atoms with E-state index in [1.807, 2.05) is 13.8 Å². The first-order chi connectivity index (χ1) is 7.24. The Morgan fingerprint density at radius 2 is 2.47 bits per heavy atom. The molecule has 0 radical (unpaired) electrons. The number of ether oxygens (including phenoxy) is 1. The number of rotatable bonds is 6. The van der Waals surface area contributed by atoms with Crippen LogP contribution in [0.2, 0.25) is 0 Å². The van der Waals surface area contributed by atoms with E-state index in [0.29, 0.717) is 18.8 Å². The van der Waals surface area contributed by atoms with Gasteiger partial charge in [-0.25, -0.2) is 0 Å². The van der Waals surface area contributed by atoms with Gasteiger partial charge in [-0.15, -0.1) is 0 Å². The quantitative estimate of drug-likeness (QED) is 0.753.